The Morgan fingerprint density at radius 1 is 1.11 bits per heavy atom. The fourth-order valence-corrected chi connectivity index (χ4v) is 3.11. The molecule has 3 rings (SSSR count). The molecule has 0 aliphatic carbocycles. The Hall–Kier alpha value is -2.65. The molecule has 0 saturated carbocycles. The summed E-state index contributed by atoms with van der Waals surface area (Å²) in [4.78, 5) is 13.5. The lowest BCUT2D eigenvalue weighted by molar-refractivity contribution is 0.0700. The van der Waals surface area contributed by atoms with Crippen LogP contribution in [-0.2, 0) is 18.0 Å². The Balaban J connectivity index is 1.88. The maximum atomic E-state index is 14.5. The van der Waals surface area contributed by atoms with Gasteiger partial charge in [-0.25, -0.2) is 22.4 Å². The van der Waals surface area contributed by atoms with Gasteiger partial charge in [-0.3, -0.25) is 4.90 Å². The van der Waals surface area contributed by atoms with Crippen LogP contribution < -0.4 is 5.32 Å². The molecule has 2 N–H and O–H groups in total. The number of hydrogen-bond acceptors (Lipinski definition) is 4. The lowest BCUT2D eigenvalue weighted by atomic mass is 9.99. The van der Waals surface area contributed by atoms with Crippen LogP contribution in [0.25, 0.3) is 0 Å². The van der Waals surface area contributed by atoms with Crippen molar-refractivity contribution in [2.45, 2.75) is 19.3 Å². The summed E-state index contributed by atoms with van der Waals surface area (Å²) in [7, 11) is 0. The van der Waals surface area contributed by atoms with Crippen molar-refractivity contribution in [3.63, 3.8) is 0 Å². The highest BCUT2D eigenvalue weighted by Gasteiger charge is 2.36. The number of ether oxygens (including phenoxy) is 1. The van der Waals surface area contributed by atoms with Gasteiger partial charge in [0.2, 0.25) is 0 Å². The van der Waals surface area contributed by atoms with E-state index in [0.29, 0.717) is 12.1 Å². The Morgan fingerprint density at radius 2 is 1.75 bits per heavy atom. The van der Waals surface area contributed by atoms with Gasteiger partial charge >= 0.3 is 6.09 Å². The van der Waals surface area contributed by atoms with Gasteiger partial charge in [-0.2, -0.15) is 0 Å². The quantitative estimate of drug-likeness (QED) is 0.614. The van der Waals surface area contributed by atoms with Crippen molar-refractivity contribution in [3.05, 3.63) is 70.3 Å². The van der Waals surface area contributed by atoms with Crippen LogP contribution in [0.2, 0.25) is 0 Å². The third kappa shape index (κ3) is 3.81. The molecule has 0 aromatic heterocycles. The fourth-order valence-electron chi connectivity index (χ4n) is 3.11. The highest BCUT2D eigenvalue weighted by atomic mass is 19.2. The summed E-state index contributed by atoms with van der Waals surface area (Å²) in [6.07, 6.45) is -0.860. The van der Waals surface area contributed by atoms with E-state index in [0.717, 1.165) is 4.90 Å². The van der Waals surface area contributed by atoms with E-state index in [9.17, 15) is 22.4 Å². The lowest BCUT2D eigenvalue weighted by Crippen LogP contribution is -2.49. The molecule has 0 radical (unpaired) electrons. The maximum absolute atomic E-state index is 14.5. The second-order valence-corrected chi connectivity index (χ2v) is 6.26. The smallest absolute Gasteiger partial charge is 0.410 e. The molecule has 1 saturated heterocycles. The van der Waals surface area contributed by atoms with E-state index >= 15 is 0 Å². The minimum atomic E-state index is -1.68. The Labute approximate surface area is 158 Å². The number of hydrogen-bond donors (Lipinski definition) is 2. The van der Waals surface area contributed by atoms with Crippen LogP contribution in [0.5, 0.6) is 0 Å². The molecule has 150 valence electrons. The minimum Gasteiger partial charge on any atom is -0.445 e. The van der Waals surface area contributed by atoms with Crippen LogP contribution in [0.4, 0.5) is 22.4 Å². The van der Waals surface area contributed by atoms with Gasteiger partial charge in [0.25, 0.3) is 0 Å². The van der Waals surface area contributed by atoms with Crippen LogP contribution in [0.1, 0.15) is 22.7 Å². The first kappa shape index (κ1) is 20.1. The van der Waals surface area contributed by atoms with Crippen LogP contribution >= 0.6 is 0 Å². The van der Waals surface area contributed by atoms with Crippen molar-refractivity contribution >= 4 is 6.09 Å². The van der Waals surface area contributed by atoms with Crippen LogP contribution in [0.15, 0.2) is 30.3 Å². The summed E-state index contributed by atoms with van der Waals surface area (Å²) in [6, 6.07) is 7.47. The first-order chi connectivity index (χ1) is 13.5. The normalized spacial score (nSPS) is 16.9. The molecule has 1 fully saturated rings. The molecular formula is C19H18F4N2O3. The van der Waals surface area contributed by atoms with Crippen LogP contribution in [-0.4, -0.2) is 35.7 Å². The first-order valence-electron chi connectivity index (χ1n) is 8.59. The van der Waals surface area contributed by atoms with E-state index in [2.05, 4.69) is 5.32 Å². The summed E-state index contributed by atoms with van der Waals surface area (Å²) in [5.41, 5.74) is -1.30. The monoisotopic (exact) mass is 398 g/mol. The molecule has 1 amide bonds. The molecule has 0 spiro atoms. The number of benzene rings is 2. The third-order valence-corrected chi connectivity index (χ3v) is 4.56. The van der Waals surface area contributed by atoms with Crippen LogP contribution in [0.3, 0.4) is 0 Å². The second-order valence-electron chi connectivity index (χ2n) is 6.26. The van der Waals surface area contributed by atoms with Crippen molar-refractivity contribution in [2.24, 2.45) is 0 Å². The SMILES string of the molecule is O=C(OCc1ccccc1)N1CCNCC1c1c(F)c(F)c(CO)c(F)c1F. The zero-order valence-corrected chi connectivity index (χ0v) is 14.7. The lowest BCUT2D eigenvalue weighted by Gasteiger charge is -2.36. The van der Waals surface area contributed by atoms with Gasteiger partial charge in [-0.15, -0.1) is 0 Å². The predicted molar refractivity (Wildman–Crippen MR) is 91.1 cm³/mol. The van der Waals surface area contributed by atoms with E-state index in [1.54, 1.807) is 30.3 Å². The number of amides is 1. The number of halogens is 4. The van der Waals surface area contributed by atoms with Gasteiger partial charge in [0, 0.05) is 19.6 Å². The minimum absolute atomic E-state index is 0.0299. The van der Waals surface area contributed by atoms with Gasteiger partial charge in [0.05, 0.1) is 23.8 Å². The number of nitrogens with one attached hydrogen (secondary N) is 1. The maximum Gasteiger partial charge on any atom is 0.410 e. The third-order valence-electron chi connectivity index (χ3n) is 4.56. The molecule has 1 atom stereocenters. The van der Waals surface area contributed by atoms with E-state index < -0.39 is 53.1 Å². The predicted octanol–water partition coefficient (Wildman–Crippen LogP) is 3.02. The molecule has 1 heterocycles. The average molecular weight is 398 g/mol. The van der Waals surface area contributed by atoms with Crippen molar-refractivity contribution in [3.8, 4) is 0 Å². The molecule has 1 aliphatic rings. The summed E-state index contributed by atoms with van der Waals surface area (Å²) in [5, 5.41) is 11.8. The van der Waals surface area contributed by atoms with Gasteiger partial charge in [0.15, 0.2) is 23.3 Å². The van der Waals surface area contributed by atoms with Crippen molar-refractivity contribution < 1.29 is 32.2 Å². The van der Waals surface area contributed by atoms with Crippen molar-refractivity contribution in [1.82, 2.24) is 10.2 Å². The summed E-state index contributed by atoms with van der Waals surface area (Å²) in [5.74, 6) is -6.64. The number of aliphatic hydroxyl groups is 1. The van der Waals surface area contributed by atoms with Crippen molar-refractivity contribution in [1.29, 1.82) is 0 Å². The zero-order valence-electron chi connectivity index (χ0n) is 14.7. The first-order valence-corrected chi connectivity index (χ1v) is 8.59. The van der Waals surface area contributed by atoms with Crippen LogP contribution in [0, 0.1) is 23.3 Å². The topological polar surface area (TPSA) is 61.8 Å². The number of carbonyl (C=O) groups excluding carboxylic acids is 1. The number of piperazine rings is 1. The van der Waals surface area contributed by atoms with Gasteiger partial charge in [-0.1, -0.05) is 30.3 Å². The number of aliphatic hydroxyl groups excluding tert-OH is 1. The van der Waals surface area contributed by atoms with Gasteiger partial charge in [0.1, 0.15) is 6.61 Å². The second kappa shape index (κ2) is 8.57. The molecule has 1 aliphatic heterocycles. The van der Waals surface area contributed by atoms with Gasteiger partial charge < -0.3 is 15.2 Å². The molecule has 5 nitrogen and oxygen atoms in total. The highest BCUT2D eigenvalue weighted by Crippen LogP contribution is 2.32. The molecular weight excluding hydrogens is 380 g/mol. The molecule has 2 aromatic carbocycles. The van der Waals surface area contributed by atoms with Gasteiger partial charge in [-0.05, 0) is 5.56 Å². The zero-order chi connectivity index (χ0) is 20.3. The average Bonchev–Trinajstić information content (AvgIpc) is 2.72. The molecule has 0 bridgehead atoms. The number of nitrogens with zero attached hydrogens (tertiary/aromatic N) is 1. The van der Waals surface area contributed by atoms with E-state index in [4.69, 9.17) is 9.84 Å². The van der Waals surface area contributed by atoms with Crippen molar-refractivity contribution in [2.75, 3.05) is 19.6 Å². The standard InChI is InChI=1S/C19H18F4N2O3/c20-15-12(9-26)16(21)18(23)14(17(15)22)13-8-24-6-7-25(13)19(27)28-10-11-4-2-1-3-5-11/h1-5,13,24,26H,6-10H2. The highest BCUT2D eigenvalue weighted by molar-refractivity contribution is 5.68. The largest absolute Gasteiger partial charge is 0.445 e. The molecule has 1 unspecified atom stereocenters. The molecule has 9 heteroatoms. The number of rotatable bonds is 4. The molecule has 2 aromatic rings. The number of carbonyl (C=O) groups is 1. The molecule has 28 heavy (non-hydrogen) atoms. The Bertz CT molecular complexity index is 835. The Kier molecular flexibility index (Phi) is 6.15. The van der Waals surface area contributed by atoms with E-state index in [1.807, 2.05) is 0 Å². The summed E-state index contributed by atoms with van der Waals surface area (Å²) in [6.45, 7) is -1.03. The summed E-state index contributed by atoms with van der Waals surface area (Å²) >= 11 is 0. The summed E-state index contributed by atoms with van der Waals surface area (Å²) < 4.78 is 62.2. The fraction of sp³-hybridized carbons (Fsp3) is 0.316. The Morgan fingerprint density at radius 3 is 2.36 bits per heavy atom. The van der Waals surface area contributed by atoms with E-state index in [-0.39, 0.29) is 19.7 Å². The van der Waals surface area contributed by atoms with E-state index in [1.165, 1.54) is 0 Å².